The maximum Gasteiger partial charge on any atom is 0.305 e. The zero-order chi connectivity index (χ0) is 27.2. The zero-order valence-electron chi connectivity index (χ0n) is 21.1. The summed E-state index contributed by atoms with van der Waals surface area (Å²) in [6.07, 6.45) is 0.250. The average molecular weight is 512 g/mol. The molecule has 0 aromatic rings. The van der Waals surface area contributed by atoms with Crippen LogP contribution in [0.3, 0.4) is 0 Å². The minimum absolute atomic E-state index is 0.0768. The van der Waals surface area contributed by atoms with Gasteiger partial charge in [0.05, 0.1) is 13.0 Å². The van der Waals surface area contributed by atoms with E-state index in [2.05, 4.69) is 21.3 Å². The number of carboxylic acid groups (broad SMARTS) is 1. The Morgan fingerprint density at radius 1 is 0.889 bits per heavy atom. The number of hydrogen-bond donors (Lipinski definition) is 6. The maximum absolute atomic E-state index is 13.4. The molecule has 5 atom stereocenters. The van der Waals surface area contributed by atoms with E-state index < -0.39 is 84.7 Å². The van der Waals surface area contributed by atoms with E-state index >= 15 is 0 Å². The van der Waals surface area contributed by atoms with Crippen LogP contribution in [0.5, 0.6) is 0 Å². The molecule has 2 saturated heterocycles. The molecule has 0 aromatic carbocycles. The summed E-state index contributed by atoms with van der Waals surface area (Å²) in [5.41, 5.74) is 0. The molecule has 0 radical (unpaired) electrons. The molecule has 2 aliphatic heterocycles. The fraction of sp³-hybridized carbons (Fsp3) is 0.739. The van der Waals surface area contributed by atoms with Crippen LogP contribution in [0.2, 0.25) is 0 Å². The molecule has 6 N–H and O–H groups in total. The quantitative estimate of drug-likeness (QED) is 0.238. The molecule has 13 nitrogen and oxygen atoms in total. The van der Waals surface area contributed by atoms with Crippen molar-refractivity contribution in [3.63, 3.8) is 0 Å². The molecular weight excluding hydrogens is 474 g/mol. The highest BCUT2D eigenvalue weighted by molar-refractivity contribution is 5.99. The molecule has 0 saturated carbocycles. The standard InChI is InChI=1S/C23H37N5O8/c1-11(2)8-13-19(32)25-14(9-17(30)31)20(33)27-18(12(3)4)23(36)28-7-5-6-16(28)22(35)26-15(10-29)21(34)24-13/h11-16,18,29H,5-10H2,1-4H3,(H,24,34)(H,25,32)(H,26,35)(H,27,33)(H,30,31)/t13-,14+,15+,16+,18+/m1/s1. The van der Waals surface area contributed by atoms with E-state index in [1.807, 2.05) is 0 Å². The van der Waals surface area contributed by atoms with Gasteiger partial charge in [0.1, 0.15) is 30.2 Å². The van der Waals surface area contributed by atoms with Crippen molar-refractivity contribution >= 4 is 35.5 Å². The first-order chi connectivity index (χ1) is 16.8. The number of nitrogens with zero attached hydrogens (tertiary/aromatic N) is 1. The highest BCUT2D eigenvalue weighted by Gasteiger charge is 2.41. The van der Waals surface area contributed by atoms with Crippen LogP contribution in [0.1, 0.15) is 53.4 Å². The number of fused-ring (bicyclic) bond motifs is 1. The van der Waals surface area contributed by atoms with E-state index in [9.17, 15) is 39.0 Å². The van der Waals surface area contributed by atoms with Crippen LogP contribution < -0.4 is 21.3 Å². The number of nitrogens with one attached hydrogen (secondary N) is 4. The third kappa shape index (κ3) is 7.39. The largest absolute Gasteiger partial charge is 0.481 e. The predicted octanol–water partition coefficient (Wildman–Crippen LogP) is -1.90. The minimum Gasteiger partial charge on any atom is -0.481 e. The molecule has 13 heteroatoms. The van der Waals surface area contributed by atoms with Crippen molar-refractivity contribution in [3.8, 4) is 0 Å². The molecule has 2 heterocycles. The molecule has 0 aliphatic carbocycles. The van der Waals surface area contributed by atoms with Crippen LogP contribution >= 0.6 is 0 Å². The molecule has 2 aliphatic rings. The van der Waals surface area contributed by atoms with Crippen molar-refractivity contribution in [2.75, 3.05) is 13.2 Å². The number of rotatable bonds is 6. The normalized spacial score (nSPS) is 28.6. The number of aliphatic hydroxyl groups excluding tert-OH is 1. The highest BCUT2D eigenvalue weighted by atomic mass is 16.4. The van der Waals surface area contributed by atoms with Gasteiger partial charge in [0.25, 0.3) is 0 Å². The van der Waals surface area contributed by atoms with Crippen LogP contribution in [0.25, 0.3) is 0 Å². The number of amides is 5. The highest BCUT2D eigenvalue weighted by Crippen LogP contribution is 2.21. The van der Waals surface area contributed by atoms with Gasteiger partial charge in [0, 0.05) is 6.54 Å². The lowest BCUT2D eigenvalue weighted by Gasteiger charge is -2.31. The van der Waals surface area contributed by atoms with Crippen LogP contribution in [0, 0.1) is 11.8 Å². The summed E-state index contributed by atoms with van der Waals surface area (Å²) in [5.74, 6) is -5.49. The first kappa shape index (κ1) is 29.0. The average Bonchev–Trinajstić information content (AvgIpc) is 3.28. The second kappa shape index (κ2) is 12.7. The summed E-state index contributed by atoms with van der Waals surface area (Å²) in [6, 6.07) is -6.04. The van der Waals surface area contributed by atoms with E-state index in [-0.39, 0.29) is 18.9 Å². The smallest absolute Gasteiger partial charge is 0.305 e. The monoisotopic (exact) mass is 511 g/mol. The predicted molar refractivity (Wildman–Crippen MR) is 126 cm³/mol. The maximum atomic E-state index is 13.4. The van der Waals surface area contributed by atoms with Crippen LogP contribution in [0.4, 0.5) is 0 Å². The van der Waals surface area contributed by atoms with E-state index in [1.165, 1.54) is 4.90 Å². The van der Waals surface area contributed by atoms with Gasteiger partial charge in [-0.1, -0.05) is 27.7 Å². The van der Waals surface area contributed by atoms with Gasteiger partial charge >= 0.3 is 5.97 Å². The number of aliphatic hydroxyl groups is 1. The molecule has 0 unspecified atom stereocenters. The first-order valence-corrected chi connectivity index (χ1v) is 12.2. The van der Waals surface area contributed by atoms with E-state index in [1.54, 1.807) is 27.7 Å². The Kier molecular flexibility index (Phi) is 10.2. The van der Waals surface area contributed by atoms with Gasteiger partial charge in [-0.2, -0.15) is 0 Å². The Morgan fingerprint density at radius 2 is 1.44 bits per heavy atom. The third-order valence-corrected chi connectivity index (χ3v) is 6.24. The van der Waals surface area contributed by atoms with Crippen molar-refractivity contribution in [2.45, 2.75) is 83.6 Å². The van der Waals surface area contributed by atoms with Crippen molar-refractivity contribution in [1.29, 1.82) is 0 Å². The molecular formula is C23H37N5O8. The minimum atomic E-state index is -1.51. The summed E-state index contributed by atoms with van der Waals surface area (Å²) in [5, 5.41) is 29.0. The second-order valence-electron chi connectivity index (χ2n) is 10.0. The van der Waals surface area contributed by atoms with Gasteiger partial charge < -0.3 is 36.4 Å². The zero-order valence-corrected chi connectivity index (χ0v) is 21.1. The van der Waals surface area contributed by atoms with E-state index in [0.29, 0.717) is 12.8 Å². The number of carbonyl (C=O) groups excluding carboxylic acids is 5. The van der Waals surface area contributed by atoms with Gasteiger partial charge in [0.15, 0.2) is 0 Å². The van der Waals surface area contributed by atoms with Gasteiger partial charge in [-0.15, -0.1) is 0 Å². The summed E-state index contributed by atoms with van der Waals surface area (Å²) < 4.78 is 0. The molecule has 0 bridgehead atoms. The Bertz CT molecular complexity index is 877. The van der Waals surface area contributed by atoms with Gasteiger partial charge in [0.2, 0.25) is 29.5 Å². The Balaban J connectivity index is 2.51. The summed E-state index contributed by atoms with van der Waals surface area (Å²) in [4.78, 5) is 78.1. The second-order valence-corrected chi connectivity index (χ2v) is 10.0. The number of aliphatic carboxylic acids is 1. The Morgan fingerprint density at radius 3 is 2.00 bits per heavy atom. The number of carbonyl (C=O) groups is 6. The number of hydrogen-bond acceptors (Lipinski definition) is 7. The van der Waals surface area contributed by atoms with Gasteiger partial charge in [-0.05, 0) is 31.1 Å². The van der Waals surface area contributed by atoms with Crippen molar-refractivity contribution in [1.82, 2.24) is 26.2 Å². The first-order valence-electron chi connectivity index (χ1n) is 12.2. The Labute approximate surface area is 209 Å². The topological polar surface area (TPSA) is 194 Å². The molecule has 5 amide bonds. The molecule has 0 spiro atoms. The number of carboxylic acids is 1. The molecule has 0 aromatic heterocycles. The van der Waals surface area contributed by atoms with Crippen LogP contribution in [-0.4, -0.2) is 94.0 Å². The van der Waals surface area contributed by atoms with Crippen molar-refractivity contribution in [2.24, 2.45) is 11.8 Å². The lowest BCUT2D eigenvalue weighted by molar-refractivity contribution is -0.144. The molecule has 2 fully saturated rings. The van der Waals surface area contributed by atoms with Crippen LogP contribution in [0.15, 0.2) is 0 Å². The summed E-state index contributed by atoms with van der Waals surface area (Å²) in [6.45, 7) is 6.48. The van der Waals surface area contributed by atoms with Crippen molar-refractivity contribution in [3.05, 3.63) is 0 Å². The third-order valence-electron chi connectivity index (χ3n) is 6.24. The lowest BCUT2D eigenvalue weighted by Crippen LogP contribution is -2.59. The summed E-state index contributed by atoms with van der Waals surface area (Å²) in [7, 11) is 0. The molecule has 36 heavy (non-hydrogen) atoms. The van der Waals surface area contributed by atoms with Crippen molar-refractivity contribution < 1.29 is 39.0 Å². The summed E-state index contributed by atoms with van der Waals surface area (Å²) >= 11 is 0. The molecule has 2 rings (SSSR count). The fourth-order valence-electron chi connectivity index (χ4n) is 4.34. The van der Waals surface area contributed by atoms with Gasteiger partial charge in [-0.3, -0.25) is 28.8 Å². The molecule has 202 valence electrons. The lowest BCUT2D eigenvalue weighted by atomic mass is 10.0. The SMILES string of the molecule is CC(C)C[C@H]1NC(=O)[C@H](CO)NC(=O)[C@@H]2CCCN2C(=O)[C@H](C(C)C)NC(=O)[C@H](CC(=O)O)NC1=O. The Hall–Kier alpha value is -3.22. The van der Waals surface area contributed by atoms with Gasteiger partial charge in [-0.25, -0.2) is 0 Å². The fourth-order valence-corrected chi connectivity index (χ4v) is 4.34. The van der Waals surface area contributed by atoms with E-state index in [0.717, 1.165) is 0 Å². The van der Waals surface area contributed by atoms with E-state index in [4.69, 9.17) is 0 Å². The van der Waals surface area contributed by atoms with Crippen LogP contribution in [-0.2, 0) is 28.8 Å².